The van der Waals surface area contributed by atoms with Gasteiger partial charge in [0.25, 0.3) is 0 Å². The van der Waals surface area contributed by atoms with Crippen molar-refractivity contribution in [2.45, 2.75) is 163 Å². The van der Waals surface area contributed by atoms with Crippen LogP contribution in [0.1, 0.15) is 152 Å². The normalized spacial score (nSPS) is 21.8. The fourth-order valence-corrected chi connectivity index (χ4v) is 17.7. The van der Waals surface area contributed by atoms with Crippen molar-refractivity contribution in [2.75, 3.05) is 20.8 Å². The van der Waals surface area contributed by atoms with Gasteiger partial charge in [-0.3, -0.25) is 4.79 Å². The number of hydrogen-bond donors (Lipinski definition) is 21. The summed E-state index contributed by atoms with van der Waals surface area (Å²) >= 11 is 0. The van der Waals surface area contributed by atoms with E-state index >= 15 is 0 Å². The number of fused-ring (bicyclic) bond motifs is 4. The molecular weight excluding hydrogens is 1870 g/mol. The van der Waals surface area contributed by atoms with E-state index in [1.807, 2.05) is 66.7 Å². The van der Waals surface area contributed by atoms with Crippen LogP contribution in [0.25, 0.3) is 22.3 Å². The summed E-state index contributed by atoms with van der Waals surface area (Å²) in [5.74, 6) is -11.3. The number of benzene rings is 11. The zero-order chi connectivity index (χ0) is 104. The second-order valence-electron chi connectivity index (χ2n) is 36.0. The molecule has 2 fully saturated rings. The number of aliphatic hydroxyl groups is 1. The lowest BCUT2D eigenvalue weighted by molar-refractivity contribution is -0.283. The number of aliphatic hydroxyl groups excluding tert-OH is 1. The van der Waals surface area contributed by atoms with Crippen molar-refractivity contribution in [2.24, 2.45) is 29.6 Å². The molecule has 6 heterocycles. The predicted octanol–water partition coefficient (Wildman–Crippen LogP) is 15.3. The molecule has 4 unspecified atom stereocenters. The predicted molar refractivity (Wildman–Crippen MR) is 506 cm³/mol. The summed E-state index contributed by atoms with van der Waals surface area (Å²) in [6, 6.07) is 31.3. The number of methoxy groups -OCH3 is 2. The first-order valence-corrected chi connectivity index (χ1v) is 45.0. The minimum Gasteiger partial charge on any atom is -0.508 e. The number of hydrogen-bond acceptors (Lipinski definition) is 38. The summed E-state index contributed by atoms with van der Waals surface area (Å²) in [6.45, 7) is 22.5. The van der Waals surface area contributed by atoms with Crippen molar-refractivity contribution in [3.8, 4) is 161 Å². The zero-order valence-electron chi connectivity index (χ0n) is 79.3. The molecule has 0 saturated carbocycles. The Morgan fingerprint density at radius 2 is 0.804 bits per heavy atom. The maximum absolute atomic E-state index is 14.7. The van der Waals surface area contributed by atoms with Gasteiger partial charge in [0, 0.05) is 101 Å². The van der Waals surface area contributed by atoms with E-state index in [1.165, 1.54) is 87.0 Å². The molecule has 38 nitrogen and oxygen atoms in total. The number of phenols is 20. The Morgan fingerprint density at radius 3 is 1.27 bits per heavy atom. The number of esters is 3. The molecule has 21 N–H and O–H groups in total. The topological polar surface area (TPSA) is 617 Å². The number of carbonyl (C=O) groups excluding carboxylic acids is 3. The van der Waals surface area contributed by atoms with Crippen LogP contribution in [-0.4, -0.2) is 195 Å². The van der Waals surface area contributed by atoms with Crippen LogP contribution in [-0.2, 0) is 47.7 Å². The lowest BCUT2D eigenvalue weighted by atomic mass is 9.79. The molecule has 17 rings (SSSR count). The quantitative estimate of drug-likeness (QED) is 0.0229. The Bertz CT molecular complexity index is 6830. The molecule has 5 aliphatic heterocycles. The van der Waals surface area contributed by atoms with Crippen LogP contribution < -0.4 is 33.8 Å². The molecule has 0 aliphatic carbocycles. The number of phenolic OH excluding ortho intramolecular Hbond substituents is 20. The zero-order valence-corrected chi connectivity index (χ0v) is 79.3. The average Bonchev–Trinajstić information content (AvgIpc) is 0.744. The summed E-state index contributed by atoms with van der Waals surface area (Å²) < 4.78 is 78.4. The monoisotopic (exact) mass is 1980 g/mol. The van der Waals surface area contributed by atoms with Gasteiger partial charge in [-0.05, 0) is 184 Å². The van der Waals surface area contributed by atoms with Gasteiger partial charge in [0.2, 0.25) is 23.2 Å². The summed E-state index contributed by atoms with van der Waals surface area (Å²) in [4.78, 5) is 54.2. The molecule has 0 radical (unpaired) electrons. The van der Waals surface area contributed by atoms with Crippen molar-refractivity contribution in [3.05, 3.63) is 234 Å². The number of aromatic hydroxyl groups is 20. The van der Waals surface area contributed by atoms with Gasteiger partial charge < -0.3 is 168 Å². The van der Waals surface area contributed by atoms with Gasteiger partial charge >= 0.3 is 17.9 Å². The number of aryl methyl sites for hydroxylation is 4. The first-order chi connectivity index (χ1) is 67.6. The van der Waals surface area contributed by atoms with Gasteiger partial charge in [-0.1, -0.05) is 52.8 Å². The third kappa shape index (κ3) is 21.6. The second-order valence-corrected chi connectivity index (χ2v) is 36.0. The molecule has 5 aliphatic rings. The second kappa shape index (κ2) is 41.6. The van der Waals surface area contributed by atoms with Gasteiger partial charge in [-0.2, -0.15) is 0 Å². The van der Waals surface area contributed by atoms with E-state index in [4.69, 9.17) is 61.3 Å². The van der Waals surface area contributed by atoms with Crippen LogP contribution in [0.5, 0.6) is 149 Å². The van der Waals surface area contributed by atoms with Crippen molar-refractivity contribution in [3.63, 3.8) is 0 Å². The Labute approximate surface area is 815 Å². The molecule has 0 bridgehead atoms. The minimum atomic E-state index is -1.27. The molecule has 16 atom stereocenters. The van der Waals surface area contributed by atoms with E-state index in [-0.39, 0.29) is 175 Å². The van der Waals surface area contributed by atoms with Crippen LogP contribution in [0.4, 0.5) is 0 Å². The molecule has 0 amide bonds. The highest BCUT2D eigenvalue weighted by Gasteiger charge is 2.49. The van der Waals surface area contributed by atoms with E-state index in [0.717, 1.165) is 70.8 Å². The number of ether oxygens (including phenoxy) is 12. The lowest BCUT2D eigenvalue weighted by Gasteiger charge is -2.45. The van der Waals surface area contributed by atoms with E-state index in [2.05, 4.69) is 27.7 Å². The number of carbonyl (C=O) groups is 3. The Kier molecular flexibility index (Phi) is 29.8. The molecule has 1 aromatic heterocycles. The minimum absolute atomic E-state index is 0.0219. The van der Waals surface area contributed by atoms with Crippen LogP contribution in [0.15, 0.2) is 155 Å². The number of rotatable bonds is 17. The Morgan fingerprint density at radius 1 is 0.385 bits per heavy atom. The summed E-state index contributed by atoms with van der Waals surface area (Å²) in [6.07, 6.45) is -9.34. The molecule has 756 valence electrons. The maximum atomic E-state index is 14.7. The van der Waals surface area contributed by atoms with Gasteiger partial charge in [-0.25, -0.2) is 14.4 Å². The average molecular weight is 1980 g/mol. The smallest absolute Gasteiger partial charge is 0.338 e. The lowest BCUT2D eigenvalue weighted by Crippen LogP contribution is -2.55. The largest absolute Gasteiger partial charge is 0.508 e. The first kappa shape index (κ1) is 103. The van der Waals surface area contributed by atoms with Gasteiger partial charge in [-0.15, -0.1) is 0 Å². The highest BCUT2D eigenvalue weighted by molar-refractivity contribution is 5.93. The maximum Gasteiger partial charge on any atom is 0.338 e. The molecular formula is C105H108O38. The summed E-state index contributed by atoms with van der Waals surface area (Å²) in [5, 5.41) is 206. The Hall–Kier alpha value is -16.3. The summed E-state index contributed by atoms with van der Waals surface area (Å²) in [5.41, 5.74) is 6.46. The van der Waals surface area contributed by atoms with Crippen LogP contribution in [0, 0.1) is 64.2 Å². The molecule has 2 saturated heterocycles. The molecule has 38 heteroatoms. The first-order valence-electron chi connectivity index (χ1n) is 45.0. The third-order valence-corrected chi connectivity index (χ3v) is 26.5. The van der Waals surface area contributed by atoms with E-state index in [1.54, 1.807) is 6.07 Å². The fraction of sp³-hybridized carbons (Fsp3) is 0.314. The van der Waals surface area contributed by atoms with Crippen LogP contribution in [0.2, 0.25) is 0 Å². The van der Waals surface area contributed by atoms with Crippen molar-refractivity contribution >= 4 is 28.9 Å². The van der Waals surface area contributed by atoms with Gasteiger partial charge in [0.1, 0.15) is 75.6 Å². The van der Waals surface area contributed by atoms with Crippen LogP contribution in [0.3, 0.4) is 0 Å². The molecule has 143 heavy (non-hydrogen) atoms. The van der Waals surface area contributed by atoms with Crippen molar-refractivity contribution < 1.29 is 183 Å². The van der Waals surface area contributed by atoms with Gasteiger partial charge in [0.05, 0.1) is 61.2 Å². The molecule has 11 aromatic carbocycles. The fourth-order valence-electron chi connectivity index (χ4n) is 17.7. The SMILES string of the molecule is COc1cc(-c2oc3cc(C)cc(C)c3c(=O)c2O[C@H]2OC(CO[C@@H]3OC(C)[C@H](C)C(C)[C@@H]3C)[C@H](C)C(C)[C@H]2OC(=O)c2cc(C)c(C)c(C)c2)cc(OC)c1O.O=C(O[C@@H]1Cc2c(O)cc(O)cc2O[C@@H]1c1cc(O)c(O)c(O)c1)c1cc(O)c(O)c(O)c1.O=C(O[C@@H]1Cc2c(O)cc(O)cc2O[C@@H]1c1ccc(O)c(O)c1)c1cc(O)c(O)c(O)c1.Oc1cc(O)c2c(c1)O[C@H](c1ccc(O)c(O)c1)[C@@H](O)C2. The molecule has 12 aromatic rings. The van der Waals surface area contributed by atoms with E-state index in [0.29, 0.717) is 56.2 Å². The highest BCUT2D eigenvalue weighted by Crippen LogP contribution is 2.52. The van der Waals surface area contributed by atoms with E-state index in [9.17, 15) is 126 Å². The third-order valence-electron chi connectivity index (χ3n) is 26.5. The van der Waals surface area contributed by atoms with Crippen molar-refractivity contribution in [1.82, 2.24) is 0 Å². The highest BCUT2D eigenvalue weighted by atomic mass is 16.7. The molecule has 0 spiro atoms. The standard InChI is InChI=1S/C46H58O11.C22H18O11.C22H18O10.C15H14O6/c1-21-14-24(4)38-34(15-21)54-42(32-18-35(50-12)39(47)36(19-32)51-13)43(40(38)48)57-46-41(56-44(49)33-16-22(2)25(5)23(3)17-33)29(9)28(8)37(55-46)20-52-45-30(10)26(6)27(7)31(11)53-45;23-10-5-12(24)11-7-18(33-22(31)9-3-15(27)20(30)16(28)4-9)21(32-17(11)6-10)8-1-13(25)19(29)14(26)2-8;23-11-6-14(25)12-8-19(32-22(30)10-4-16(27)20(29)17(28)5-10)21(31-18(12)7-11)9-1-2-13(24)15(26)3-9;16-8-4-11(18)9-6-13(20)15(21-14(9)5-8)7-1-2-10(17)12(19)3-7/h14-19,26-31,37,41,45-47H,20H2,1-13H3;1-6,18,21,23-30H,7H2;1-7,19,21,23-29H,8H2;1-5,13,15-20H,6H2/t26?,27-,28-,29?,30+,31?,37?,41-,45-,46-;18-,21-;19-,21-;13-,15+/m1110/s1. The Balaban J connectivity index is 0.000000161. The van der Waals surface area contributed by atoms with Crippen LogP contribution >= 0.6 is 0 Å². The summed E-state index contributed by atoms with van der Waals surface area (Å²) in [7, 11) is 2.83. The van der Waals surface area contributed by atoms with Crippen molar-refractivity contribution in [1.29, 1.82) is 0 Å². The van der Waals surface area contributed by atoms with Gasteiger partial charge in [0.15, 0.2) is 117 Å². The van der Waals surface area contributed by atoms with E-state index < -0.39 is 142 Å².